The summed E-state index contributed by atoms with van der Waals surface area (Å²) < 4.78 is 40.5. The summed E-state index contributed by atoms with van der Waals surface area (Å²) in [4.78, 5) is 23.3. The summed E-state index contributed by atoms with van der Waals surface area (Å²) in [6, 6.07) is 9.65. The van der Waals surface area contributed by atoms with Gasteiger partial charge in [-0.1, -0.05) is 30.3 Å². The Morgan fingerprint density at radius 3 is 2.09 bits per heavy atom. The van der Waals surface area contributed by atoms with E-state index in [9.17, 15) is 22.8 Å². The SMILES string of the molecule is CC(NC(=O)c1ccc(C(N)=O)s1)(c1ccccc1)C(F)(F)F. The summed E-state index contributed by atoms with van der Waals surface area (Å²) in [6.45, 7) is 0.892. The molecule has 1 heterocycles. The van der Waals surface area contributed by atoms with E-state index in [4.69, 9.17) is 5.73 Å². The van der Waals surface area contributed by atoms with Gasteiger partial charge in [-0.05, 0) is 24.6 Å². The Morgan fingerprint density at radius 1 is 1.04 bits per heavy atom. The highest BCUT2D eigenvalue weighted by Crippen LogP contribution is 2.39. The lowest BCUT2D eigenvalue weighted by atomic mass is 9.91. The number of alkyl halides is 3. The minimum atomic E-state index is -4.70. The van der Waals surface area contributed by atoms with Gasteiger partial charge in [-0.3, -0.25) is 9.59 Å². The van der Waals surface area contributed by atoms with Crippen LogP contribution in [0, 0.1) is 0 Å². The lowest BCUT2D eigenvalue weighted by Gasteiger charge is -2.33. The highest BCUT2D eigenvalue weighted by atomic mass is 32.1. The first kappa shape index (κ1) is 17.0. The van der Waals surface area contributed by atoms with Crippen molar-refractivity contribution in [1.29, 1.82) is 0 Å². The number of primary amides is 1. The molecule has 2 aromatic rings. The monoisotopic (exact) mass is 342 g/mol. The second kappa shape index (κ2) is 6.04. The van der Waals surface area contributed by atoms with Gasteiger partial charge in [0, 0.05) is 0 Å². The molecule has 3 N–H and O–H groups in total. The van der Waals surface area contributed by atoms with E-state index >= 15 is 0 Å². The van der Waals surface area contributed by atoms with Crippen molar-refractivity contribution in [3.05, 3.63) is 57.8 Å². The Hall–Kier alpha value is -2.35. The largest absolute Gasteiger partial charge is 0.415 e. The molecule has 2 rings (SSSR count). The van der Waals surface area contributed by atoms with Crippen molar-refractivity contribution in [1.82, 2.24) is 5.32 Å². The smallest absolute Gasteiger partial charge is 0.365 e. The average Bonchev–Trinajstić information content (AvgIpc) is 2.97. The van der Waals surface area contributed by atoms with Gasteiger partial charge in [-0.15, -0.1) is 11.3 Å². The molecule has 0 radical (unpaired) electrons. The van der Waals surface area contributed by atoms with Crippen molar-refractivity contribution < 1.29 is 22.8 Å². The molecular weight excluding hydrogens is 329 g/mol. The molecule has 0 aliphatic carbocycles. The van der Waals surface area contributed by atoms with Gasteiger partial charge >= 0.3 is 6.18 Å². The molecular formula is C15H13F3N2O2S. The first-order chi connectivity index (χ1) is 10.6. The summed E-state index contributed by atoms with van der Waals surface area (Å²) in [7, 11) is 0. The molecule has 1 aromatic carbocycles. The number of rotatable bonds is 4. The van der Waals surface area contributed by atoms with E-state index in [2.05, 4.69) is 0 Å². The van der Waals surface area contributed by atoms with Crippen LogP contribution in [0.1, 0.15) is 31.8 Å². The lowest BCUT2D eigenvalue weighted by molar-refractivity contribution is -0.192. The van der Waals surface area contributed by atoms with Crippen LogP contribution in [0.3, 0.4) is 0 Å². The molecule has 23 heavy (non-hydrogen) atoms. The number of hydrogen-bond acceptors (Lipinski definition) is 3. The van der Waals surface area contributed by atoms with E-state index in [1.807, 2.05) is 5.32 Å². The van der Waals surface area contributed by atoms with Crippen LogP contribution in [0.25, 0.3) is 0 Å². The molecule has 1 atom stereocenters. The molecule has 2 amide bonds. The van der Waals surface area contributed by atoms with Gasteiger partial charge in [0.1, 0.15) is 0 Å². The van der Waals surface area contributed by atoms with Crippen LogP contribution in [0.2, 0.25) is 0 Å². The highest BCUT2D eigenvalue weighted by molar-refractivity contribution is 7.15. The van der Waals surface area contributed by atoms with Gasteiger partial charge in [0.2, 0.25) is 0 Å². The van der Waals surface area contributed by atoms with Gasteiger partial charge in [0.25, 0.3) is 11.8 Å². The molecule has 0 saturated carbocycles. The van der Waals surface area contributed by atoms with E-state index in [-0.39, 0.29) is 15.3 Å². The fourth-order valence-corrected chi connectivity index (χ4v) is 2.71. The van der Waals surface area contributed by atoms with E-state index in [0.717, 1.165) is 18.3 Å². The standard InChI is InChI=1S/C15H13F3N2O2S/c1-14(15(16,17)18,9-5-3-2-4-6-9)20-13(22)11-8-7-10(23-11)12(19)21/h2-8H,1H3,(H2,19,21)(H,20,22). The molecule has 0 aliphatic rings. The van der Waals surface area contributed by atoms with Gasteiger partial charge in [0.15, 0.2) is 5.54 Å². The average molecular weight is 342 g/mol. The highest BCUT2D eigenvalue weighted by Gasteiger charge is 2.53. The number of halogens is 3. The Kier molecular flexibility index (Phi) is 4.46. The maximum atomic E-state index is 13.5. The maximum absolute atomic E-state index is 13.5. The van der Waals surface area contributed by atoms with E-state index in [0.29, 0.717) is 0 Å². The van der Waals surface area contributed by atoms with E-state index in [1.54, 1.807) is 6.07 Å². The van der Waals surface area contributed by atoms with Crippen molar-refractivity contribution >= 4 is 23.2 Å². The third-order valence-corrected chi connectivity index (χ3v) is 4.45. The van der Waals surface area contributed by atoms with Crippen molar-refractivity contribution in [2.75, 3.05) is 0 Å². The zero-order chi connectivity index (χ0) is 17.3. The van der Waals surface area contributed by atoms with Crippen LogP contribution in [0.15, 0.2) is 42.5 Å². The predicted octanol–water partition coefficient (Wildman–Crippen LogP) is 3.05. The summed E-state index contributed by atoms with van der Waals surface area (Å²) in [5.74, 6) is -1.66. The molecule has 122 valence electrons. The Bertz CT molecular complexity index is 728. The predicted molar refractivity (Wildman–Crippen MR) is 80.2 cm³/mol. The van der Waals surface area contributed by atoms with E-state index < -0.39 is 23.5 Å². The van der Waals surface area contributed by atoms with Crippen LogP contribution in [-0.2, 0) is 5.54 Å². The fourth-order valence-electron chi connectivity index (χ4n) is 1.96. The molecule has 1 unspecified atom stereocenters. The van der Waals surface area contributed by atoms with Gasteiger partial charge in [0.05, 0.1) is 9.75 Å². The third kappa shape index (κ3) is 3.37. The number of amides is 2. The second-order valence-corrected chi connectivity index (χ2v) is 6.05. The second-order valence-electron chi connectivity index (χ2n) is 4.97. The third-order valence-electron chi connectivity index (χ3n) is 3.35. The van der Waals surface area contributed by atoms with Crippen molar-refractivity contribution in [3.8, 4) is 0 Å². The Labute approximate surface area is 134 Å². The zero-order valence-corrected chi connectivity index (χ0v) is 12.8. The number of nitrogens with one attached hydrogen (secondary N) is 1. The summed E-state index contributed by atoms with van der Waals surface area (Å²) >= 11 is 0.742. The number of carbonyl (C=O) groups is 2. The van der Waals surface area contributed by atoms with Crippen molar-refractivity contribution in [3.63, 3.8) is 0 Å². The van der Waals surface area contributed by atoms with Gasteiger partial charge < -0.3 is 11.1 Å². The summed E-state index contributed by atoms with van der Waals surface area (Å²) in [5, 5.41) is 2.01. The fraction of sp³-hybridized carbons (Fsp3) is 0.200. The Balaban J connectivity index is 2.35. The van der Waals surface area contributed by atoms with Crippen molar-refractivity contribution in [2.45, 2.75) is 18.6 Å². The minimum absolute atomic E-state index is 0.0230. The zero-order valence-electron chi connectivity index (χ0n) is 12.0. The lowest BCUT2D eigenvalue weighted by Crippen LogP contribution is -2.53. The number of benzene rings is 1. The molecule has 4 nitrogen and oxygen atoms in total. The normalized spacial score (nSPS) is 14.1. The van der Waals surface area contributed by atoms with Crippen LogP contribution in [-0.4, -0.2) is 18.0 Å². The first-order valence-electron chi connectivity index (χ1n) is 6.49. The Morgan fingerprint density at radius 2 is 1.61 bits per heavy atom. The number of hydrogen-bond donors (Lipinski definition) is 2. The van der Waals surface area contributed by atoms with E-state index in [1.165, 1.54) is 36.4 Å². The molecule has 1 aromatic heterocycles. The molecule has 0 spiro atoms. The van der Waals surface area contributed by atoms with Crippen LogP contribution in [0.5, 0.6) is 0 Å². The quantitative estimate of drug-likeness (QED) is 0.896. The molecule has 8 heteroatoms. The number of thiophene rings is 1. The maximum Gasteiger partial charge on any atom is 0.415 e. The molecule has 0 saturated heterocycles. The number of nitrogens with two attached hydrogens (primary N) is 1. The molecule has 0 fully saturated rings. The topological polar surface area (TPSA) is 72.2 Å². The van der Waals surface area contributed by atoms with Crippen LogP contribution < -0.4 is 11.1 Å². The van der Waals surface area contributed by atoms with Crippen LogP contribution >= 0.6 is 11.3 Å². The summed E-state index contributed by atoms with van der Waals surface area (Å²) in [6.07, 6.45) is -4.70. The molecule has 0 bridgehead atoms. The molecule has 0 aliphatic heterocycles. The minimum Gasteiger partial charge on any atom is -0.365 e. The van der Waals surface area contributed by atoms with Crippen LogP contribution in [0.4, 0.5) is 13.2 Å². The summed E-state index contributed by atoms with van der Waals surface area (Å²) in [5.41, 5.74) is 2.43. The first-order valence-corrected chi connectivity index (χ1v) is 7.31. The van der Waals surface area contributed by atoms with Gasteiger partial charge in [-0.25, -0.2) is 0 Å². The van der Waals surface area contributed by atoms with Gasteiger partial charge in [-0.2, -0.15) is 13.2 Å². The van der Waals surface area contributed by atoms with Crippen molar-refractivity contribution in [2.24, 2.45) is 5.73 Å². The number of carbonyl (C=O) groups excluding carboxylic acids is 2.